The Morgan fingerprint density at radius 3 is 2.60 bits per heavy atom. The third kappa shape index (κ3) is 4.51. The Bertz CT molecular complexity index is 651. The molecule has 2 atom stereocenters. The van der Waals surface area contributed by atoms with E-state index in [0.717, 1.165) is 12.0 Å². The largest absolute Gasteiger partial charge is 0.399 e. The number of nitrogens with zero attached hydrogens (tertiary/aromatic N) is 1. The standard InChI is InChI=1S/C19H30N4O2/c1-12-8-13-6-7-15(20)9-14(13)11-23(12)18(25)17(19(2,3)4)22-16(24)10-21-5/h6-7,9,12,17,21H,8,10-11,20H2,1-5H3,(H,22,24)/t12-,17?/m1/s1. The number of carbonyl (C=O) groups is 2. The van der Waals surface area contributed by atoms with E-state index in [9.17, 15) is 9.59 Å². The Hall–Kier alpha value is -2.08. The number of hydrogen-bond acceptors (Lipinski definition) is 4. The molecule has 0 aliphatic carbocycles. The molecule has 0 bridgehead atoms. The summed E-state index contributed by atoms with van der Waals surface area (Å²) in [5.74, 6) is -0.220. The van der Waals surface area contributed by atoms with Gasteiger partial charge in [-0.25, -0.2) is 0 Å². The second-order valence-corrected chi connectivity index (χ2v) is 7.94. The van der Waals surface area contributed by atoms with E-state index in [2.05, 4.69) is 10.6 Å². The molecule has 1 unspecified atom stereocenters. The molecule has 1 heterocycles. The molecule has 1 aromatic carbocycles. The van der Waals surface area contributed by atoms with E-state index in [1.807, 2.05) is 50.8 Å². The molecule has 6 heteroatoms. The van der Waals surface area contributed by atoms with E-state index in [4.69, 9.17) is 5.73 Å². The molecule has 1 aliphatic heterocycles. The van der Waals surface area contributed by atoms with Gasteiger partial charge >= 0.3 is 0 Å². The monoisotopic (exact) mass is 346 g/mol. The van der Waals surface area contributed by atoms with E-state index in [0.29, 0.717) is 12.2 Å². The molecule has 1 aromatic rings. The first-order chi connectivity index (χ1) is 11.6. The fourth-order valence-corrected chi connectivity index (χ4v) is 3.24. The minimum Gasteiger partial charge on any atom is -0.399 e. The van der Waals surface area contributed by atoms with Crippen LogP contribution in [0, 0.1) is 5.41 Å². The van der Waals surface area contributed by atoms with Crippen molar-refractivity contribution in [3.05, 3.63) is 29.3 Å². The number of likely N-dealkylation sites (N-methyl/N-ethyl adjacent to an activating group) is 1. The summed E-state index contributed by atoms with van der Waals surface area (Å²) in [6, 6.07) is 5.39. The molecular formula is C19H30N4O2. The fourth-order valence-electron chi connectivity index (χ4n) is 3.24. The third-order valence-corrected chi connectivity index (χ3v) is 4.66. The zero-order valence-corrected chi connectivity index (χ0v) is 15.8. The van der Waals surface area contributed by atoms with Crippen LogP contribution < -0.4 is 16.4 Å². The van der Waals surface area contributed by atoms with Gasteiger partial charge in [-0.15, -0.1) is 0 Å². The lowest BCUT2D eigenvalue weighted by Gasteiger charge is -2.40. The van der Waals surface area contributed by atoms with Gasteiger partial charge in [0.25, 0.3) is 0 Å². The maximum Gasteiger partial charge on any atom is 0.246 e. The number of anilines is 1. The van der Waals surface area contributed by atoms with Crippen molar-refractivity contribution in [1.29, 1.82) is 0 Å². The maximum absolute atomic E-state index is 13.2. The highest BCUT2D eigenvalue weighted by molar-refractivity contribution is 5.89. The van der Waals surface area contributed by atoms with Gasteiger partial charge in [0.1, 0.15) is 6.04 Å². The van der Waals surface area contributed by atoms with E-state index < -0.39 is 6.04 Å². The van der Waals surface area contributed by atoms with Gasteiger partial charge < -0.3 is 21.3 Å². The van der Waals surface area contributed by atoms with Crippen molar-refractivity contribution in [1.82, 2.24) is 15.5 Å². The molecule has 0 radical (unpaired) electrons. The van der Waals surface area contributed by atoms with Crippen molar-refractivity contribution < 1.29 is 9.59 Å². The Morgan fingerprint density at radius 1 is 1.32 bits per heavy atom. The molecular weight excluding hydrogens is 316 g/mol. The minimum absolute atomic E-state index is 0.0440. The average molecular weight is 346 g/mol. The molecule has 138 valence electrons. The normalized spacial score (nSPS) is 18.4. The second-order valence-electron chi connectivity index (χ2n) is 7.94. The molecule has 25 heavy (non-hydrogen) atoms. The van der Waals surface area contributed by atoms with E-state index in [1.165, 1.54) is 5.56 Å². The Kier molecular flexibility index (Phi) is 5.72. The van der Waals surface area contributed by atoms with Gasteiger partial charge in [0.2, 0.25) is 11.8 Å². The Morgan fingerprint density at radius 2 is 2.00 bits per heavy atom. The summed E-state index contributed by atoms with van der Waals surface area (Å²) in [5, 5.41) is 5.71. The number of benzene rings is 1. The van der Waals surface area contributed by atoms with E-state index in [-0.39, 0.29) is 29.8 Å². The van der Waals surface area contributed by atoms with E-state index >= 15 is 0 Å². The van der Waals surface area contributed by atoms with Crippen LogP contribution in [0.2, 0.25) is 0 Å². The van der Waals surface area contributed by atoms with Crippen LogP contribution in [-0.2, 0) is 22.6 Å². The van der Waals surface area contributed by atoms with Gasteiger partial charge in [-0.3, -0.25) is 9.59 Å². The van der Waals surface area contributed by atoms with Crippen LogP contribution in [0.4, 0.5) is 5.69 Å². The predicted molar refractivity (Wildman–Crippen MR) is 99.9 cm³/mol. The maximum atomic E-state index is 13.2. The van der Waals surface area contributed by atoms with Crippen LogP contribution in [0.25, 0.3) is 0 Å². The highest BCUT2D eigenvalue weighted by Gasteiger charge is 2.38. The van der Waals surface area contributed by atoms with Crippen LogP contribution in [-0.4, -0.2) is 42.4 Å². The number of nitrogens with one attached hydrogen (secondary N) is 2. The van der Waals surface area contributed by atoms with Crippen LogP contribution in [0.5, 0.6) is 0 Å². The lowest BCUT2D eigenvalue weighted by Crippen LogP contribution is -2.58. The molecule has 0 saturated heterocycles. The van der Waals surface area contributed by atoms with Gasteiger partial charge in [0.15, 0.2) is 0 Å². The van der Waals surface area contributed by atoms with Gasteiger partial charge in [-0.05, 0) is 49.1 Å². The first-order valence-corrected chi connectivity index (χ1v) is 8.75. The lowest BCUT2D eigenvalue weighted by molar-refractivity contribution is -0.142. The van der Waals surface area contributed by atoms with Crippen molar-refractivity contribution in [3.8, 4) is 0 Å². The Labute approximate surface area is 150 Å². The molecule has 2 rings (SSSR count). The van der Waals surface area contributed by atoms with Crippen LogP contribution in [0.1, 0.15) is 38.8 Å². The number of fused-ring (bicyclic) bond motifs is 1. The van der Waals surface area contributed by atoms with Gasteiger partial charge in [0.05, 0.1) is 6.54 Å². The Balaban J connectivity index is 2.24. The van der Waals surface area contributed by atoms with Gasteiger partial charge in [0, 0.05) is 18.3 Å². The summed E-state index contributed by atoms with van der Waals surface area (Å²) < 4.78 is 0. The summed E-state index contributed by atoms with van der Waals surface area (Å²) >= 11 is 0. The van der Waals surface area contributed by atoms with Crippen molar-refractivity contribution in [3.63, 3.8) is 0 Å². The minimum atomic E-state index is -0.571. The molecule has 0 aromatic heterocycles. The number of nitrogens with two attached hydrogens (primary N) is 1. The van der Waals surface area contributed by atoms with E-state index in [1.54, 1.807) is 7.05 Å². The molecule has 4 N–H and O–H groups in total. The number of carbonyl (C=O) groups excluding carboxylic acids is 2. The number of nitrogen functional groups attached to an aromatic ring is 1. The molecule has 0 saturated carbocycles. The zero-order valence-electron chi connectivity index (χ0n) is 15.8. The fraction of sp³-hybridized carbons (Fsp3) is 0.579. The molecule has 0 spiro atoms. The topological polar surface area (TPSA) is 87.5 Å². The predicted octanol–water partition coefficient (Wildman–Crippen LogP) is 1.29. The number of rotatable bonds is 4. The second kappa shape index (κ2) is 7.44. The quantitative estimate of drug-likeness (QED) is 0.717. The number of hydrogen-bond donors (Lipinski definition) is 3. The number of amides is 2. The summed E-state index contributed by atoms with van der Waals surface area (Å²) in [7, 11) is 1.71. The SMILES string of the molecule is CNCC(=O)NC(C(=O)N1Cc2cc(N)ccc2C[C@H]1C)C(C)(C)C. The summed E-state index contributed by atoms with van der Waals surface area (Å²) in [4.78, 5) is 27.2. The molecule has 1 aliphatic rings. The highest BCUT2D eigenvalue weighted by atomic mass is 16.2. The summed E-state index contributed by atoms with van der Waals surface area (Å²) in [5.41, 5.74) is 8.54. The van der Waals surface area contributed by atoms with Crippen molar-refractivity contribution in [2.45, 2.75) is 52.7 Å². The first kappa shape index (κ1) is 19.2. The summed E-state index contributed by atoms with van der Waals surface area (Å²) in [6.07, 6.45) is 0.794. The lowest BCUT2D eigenvalue weighted by atomic mass is 9.84. The molecule has 0 fully saturated rings. The third-order valence-electron chi connectivity index (χ3n) is 4.66. The molecule has 6 nitrogen and oxygen atoms in total. The van der Waals surface area contributed by atoms with Gasteiger partial charge in [-0.2, -0.15) is 0 Å². The smallest absolute Gasteiger partial charge is 0.246 e. The van der Waals surface area contributed by atoms with Crippen molar-refractivity contribution in [2.75, 3.05) is 19.3 Å². The van der Waals surface area contributed by atoms with Crippen molar-refractivity contribution in [2.24, 2.45) is 5.41 Å². The van der Waals surface area contributed by atoms with Gasteiger partial charge in [-0.1, -0.05) is 26.8 Å². The first-order valence-electron chi connectivity index (χ1n) is 8.75. The molecule has 2 amide bonds. The summed E-state index contributed by atoms with van der Waals surface area (Å²) in [6.45, 7) is 8.66. The van der Waals surface area contributed by atoms with Crippen LogP contribution in [0.3, 0.4) is 0 Å². The van der Waals surface area contributed by atoms with Crippen LogP contribution >= 0.6 is 0 Å². The van der Waals surface area contributed by atoms with Crippen molar-refractivity contribution >= 4 is 17.5 Å². The highest BCUT2D eigenvalue weighted by Crippen LogP contribution is 2.28. The average Bonchev–Trinajstić information content (AvgIpc) is 2.51. The zero-order chi connectivity index (χ0) is 18.8. The van der Waals surface area contributed by atoms with Crippen LogP contribution in [0.15, 0.2) is 18.2 Å².